The third kappa shape index (κ3) is 3.20. The van der Waals surface area contributed by atoms with Gasteiger partial charge in [-0.25, -0.2) is 4.68 Å². The first kappa shape index (κ1) is 15.6. The molecule has 1 aliphatic heterocycles. The highest BCUT2D eigenvalue weighted by atomic mass is 16.5. The number of carbonyl (C=O) groups is 1. The zero-order chi connectivity index (χ0) is 17.2. The lowest BCUT2D eigenvalue weighted by Gasteiger charge is -2.23. The van der Waals surface area contributed by atoms with Gasteiger partial charge in [0.05, 0.1) is 18.2 Å². The number of carbonyl (C=O) groups excluding carboxylic acids is 1. The topological polar surface area (TPSA) is 64.2 Å². The molecule has 0 aliphatic carbocycles. The third-order valence-electron chi connectivity index (χ3n) is 4.62. The molecule has 1 saturated heterocycles. The van der Waals surface area contributed by atoms with Crippen LogP contribution in [0.1, 0.15) is 35.9 Å². The molecule has 0 bridgehead atoms. The number of benzene rings is 1. The largest absolute Gasteiger partial charge is 0.361 e. The Morgan fingerprint density at radius 3 is 2.84 bits per heavy atom. The minimum Gasteiger partial charge on any atom is -0.361 e. The molecule has 2 aromatic heterocycles. The standard InChI is InChI=1S/C19H20N4O2/c1-14-12-17(21-25-14)18-4-2-10-22(18)19(24)13-15-5-7-16(8-6-15)23-11-3-9-20-23/h3,5-9,11-12,18H,2,4,10,13H2,1H3. The molecular weight excluding hydrogens is 316 g/mol. The summed E-state index contributed by atoms with van der Waals surface area (Å²) in [6, 6.07) is 11.8. The average molecular weight is 336 g/mol. The van der Waals surface area contributed by atoms with Crippen molar-refractivity contribution in [2.45, 2.75) is 32.2 Å². The van der Waals surface area contributed by atoms with Crippen LogP contribution in [0.2, 0.25) is 0 Å². The van der Waals surface area contributed by atoms with Crippen molar-refractivity contribution in [2.24, 2.45) is 0 Å². The second-order valence-electron chi connectivity index (χ2n) is 6.40. The second kappa shape index (κ2) is 6.55. The molecule has 1 unspecified atom stereocenters. The Labute approximate surface area is 146 Å². The van der Waals surface area contributed by atoms with Gasteiger partial charge in [0.15, 0.2) is 0 Å². The van der Waals surface area contributed by atoms with Gasteiger partial charge in [-0.3, -0.25) is 4.79 Å². The Balaban J connectivity index is 1.46. The van der Waals surface area contributed by atoms with Crippen molar-refractivity contribution in [1.29, 1.82) is 0 Å². The highest BCUT2D eigenvalue weighted by molar-refractivity contribution is 5.79. The van der Waals surface area contributed by atoms with E-state index < -0.39 is 0 Å². The molecule has 0 N–H and O–H groups in total. The first-order chi connectivity index (χ1) is 12.2. The SMILES string of the molecule is Cc1cc(C2CCCN2C(=O)Cc2ccc(-n3cccn3)cc2)no1. The summed E-state index contributed by atoms with van der Waals surface area (Å²) in [6.45, 7) is 2.65. The Morgan fingerprint density at radius 1 is 1.32 bits per heavy atom. The maximum absolute atomic E-state index is 12.8. The van der Waals surface area contributed by atoms with E-state index in [1.807, 2.05) is 54.4 Å². The van der Waals surface area contributed by atoms with Crippen LogP contribution < -0.4 is 0 Å². The number of amides is 1. The van der Waals surface area contributed by atoms with Gasteiger partial charge in [0.1, 0.15) is 11.5 Å². The summed E-state index contributed by atoms with van der Waals surface area (Å²) in [5.41, 5.74) is 2.85. The second-order valence-corrected chi connectivity index (χ2v) is 6.40. The minimum atomic E-state index is 0.0355. The number of aryl methyl sites for hydroxylation is 1. The first-order valence-corrected chi connectivity index (χ1v) is 8.52. The Bertz CT molecular complexity index is 852. The molecule has 3 heterocycles. The average Bonchev–Trinajstić information content (AvgIpc) is 3.36. The normalized spacial score (nSPS) is 17.2. The number of hydrogen-bond acceptors (Lipinski definition) is 4. The van der Waals surface area contributed by atoms with Gasteiger partial charge < -0.3 is 9.42 Å². The summed E-state index contributed by atoms with van der Waals surface area (Å²) in [7, 11) is 0. The van der Waals surface area contributed by atoms with Crippen molar-refractivity contribution in [3.8, 4) is 5.69 Å². The zero-order valence-electron chi connectivity index (χ0n) is 14.1. The van der Waals surface area contributed by atoms with Crippen LogP contribution in [0.15, 0.2) is 53.3 Å². The number of nitrogens with zero attached hydrogens (tertiary/aromatic N) is 4. The predicted octanol–water partition coefficient (Wildman–Crippen LogP) is 3.07. The van der Waals surface area contributed by atoms with Crippen molar-refractivity contribution >= 4 is 5.91 Å². The third-order valence-corrected chi connectivity index (χ3v) is 4.62. The fourth-order valence-corrected chi connectivity index (χ4v) is 3.38. The van der Waals surface area contributed by atoms with Crippen molar-refractivity contribution in [2.75, 3.05) is 6.54 Å². The van der Waals surface area contributed by atoms with Gasteiger partial charge in [-0.2, -0.15) is 5.10 Å². The predicted molar refractivity (Wildman–Crippen MR) is 92.2 cm³/mol. The lowest BCUT2D eigenvalue weighted by molar-refractivity contribution is -0.131. The summed E-state index contributed by atoms with van der Waals surface area (Å²) >= 11 is 0. The van der Waals surface area contributed by atoms with Crippen LogP contribution in [-0.4, -0.2) is 32.3 Å². The van der Waals surface area contributed by atoms with Gasteiger partial charge >= 0.3 is 0 Å². The zero-order valence-corrected chi connectivity index (χ0v) is 14.1. The first-order valence-electron chi connectivity index (χ1n) is 8.52. The molecular formula is C19H20N4O2. The van der Waals surface area contributed by atoms with Gasteiger partial charge in [0.25, 0.3) is 0 Å². The molecule has 0 radical (unpaired) electrons. The maximum atomic E-state index is 12.8. The fourth-order valence-electron chi connectivity index (χ4n) is 3.38. The quantitative estimate of drug-likeness (QED) is 0.734. The Hall–Kier alpha value is -2.89. The Kier molecular flexibility index (Phi) is 4.09. The lowest BCUT2D eigenvalue weighted by Crippen LogP contribution is -2.32. The summed E-state index contributed by atoms with van der Waals surface area (Å²) < 4.78 is 6.98. The van der Waals surface area contributed by atoms with E-state index in [9.17, 15) is 4.79 Å². The summed E-state index contributed by atoms with van der Waals surface area (Å²) in [5.74, 6) is 0.915. The van der Waals surface area contributed by atoms with Crippen molar-refractivity contribution < 1.29 is 9.32 Å². The number of rotatable bonds is 4. The van der Waals surface area contributed by atoms with Gasteiger partial charge in [-0.05, 0) is 43.5 Å². The van der Waals surface area contributed by atoms with E-state index in [1.165, 1.54) is 0 Å². The van der Waals surface area contributed by atoms with Crippen LogP contribution in [0.25, 0.3) is 5.69 Å². The van der Waals surface area contributed by atoms with E-state index in [2.05, 4.69) is 10.3 Å². The van der Waals surface area contributed by atoms with Gasteiger partial charge in [0.2, 0.25) is 5.91 Å². The smallest absolute Gasteiger partial charge is 0.227 e. The monoisotopic (exact) mass is 336 g/mol. The number of likely N-dealkylation sites (tertiary alicyclic amines) is 1. The molecule has 6 nitrogen and oxygen atoms in total. The molecule has 1 aromatic carbocycles. The van der Waals surface area contributed by atoms with Crippen molar-refractivity contribution in [3.05, 3.63) is 65.8 Å². The maximum Gasteiger partial charge on any atom is 0.227 e. The highest BCUT2D eigenvalue weighted by Crippen LogP contribution is 2.32. The summed E-state index contributed by atoms with van der Waals surface area (Å²) in [6.07, 6.45) is 5.98. The van der Waals surface area contributed by atoms with Crippen LogP contribution in [-0.2, 0) is 11.2 Å². The molecule has 6 heteroatoms. The van der Waals surface area contributed by atoms with Crippen molar-refractivity contribution in [1.82, 2.24) is 19.8 Å². The van der Waals surface area contributed by atoms with E-state index in [0.717, 1.165) is 42.1 Å². The molecule has 3 aromatic rings. The minimum absolute atomic E-state index is 0.0355. The van der Waals surface area contributed by atoms with Crippen LogP contribution in [0.5, 0.6) is 0 Å². The lowest BCUT2D eigenvalue weighted by atomic mass is 10.1. The molecule has 1 amide bonds. The van der Waals surface area contributed by atoms with E-state index in [-0.39, 0.29) is 11.9 Å². The molecule has 1 fully saturated rings. The molecule has 1 atom stereocenters. The van der Waals surface area contributed by atoms with Crippen LogP contribution in [0, 0.1) is 6.92 Å². The summed E-state index contributed by atoms with van der Waals surface area (Å²) in [4.78, 5) is 14.7. The van der Waals surface area contributed by atoms with Gasteiger partial charge in [-0.15, -0.1) is 0 Å². The van der Waals surface area contributed by atoms with E-state index >= 15 is 0 Å². The Morgan fingerprint density at radius 2 is 2.16 bits per heavy atom. The number of hydrogen-bond donors (Lipinski definition) is 0. The molecule has 25 heavy (non-hydrogen) atoms. The van der Waals surface area contributed by atoms with Crippen LogP contribution in [0.3, 0.4) is 0 Å². The van der Waals surface area contributed by atoms with E-state index in [4.69, 9.17) is 4.52 Å². The summed E-state index contributed by atoms with van der Waals surface area (Å²) in [5, 5.41) is 8.31. The molecule has 0 saturated carbocycles. The van der Waals surface area contributed by atoms with Gasteiger partial charge in [-0.1, -0.05) is 17.3 Å². The van der Waals surface area contributed by atoms with E-state index in [0.29, 0.717) is 6.42 Å². The van der Waals surface area contributed by atoms with Crippen LogP contribution in [0.4, 0.5) is 0 Å². The van der Waals surface area contributed by atoms with E-state index in [1.54, 1.807) is 10.9 Å². The number of aromatic nitrogens is 3. The van der Waals surface area contributed by atoms with Gasteiger partial charge in [0, 0.05) is 25.0 Å². The van der Waals surface area contributed by atoms with Crippen molar-refractivity contribution in [3.63, 3.8) is 0 Å². The highest BCUT2D eigenvalue weighted by Gasteiger charge is 2.31. The molecule has 0 spiro atoms. The molecule has 1 aliphatic rings. The van der Waals surface area contributed by atoms with Crippen LogP contribution >= 0.6 is 0 Å². The molecule has 128 valence electrons. The fraction of sp³-hybridized carbons (Fsp3) is 0.316. The molecule has 4 rings (SSSR count).